The molecular formula is C14H18FO3PS. The van der Waals surface area contributed by atoms with Gasteiger partial charge in [0.2, 0.25) is 5.91 Å². The first-order chi connectivity index (χ1) is 9.50. The van der Waals surface area contributed by atoms with Crippen molar-refractivity contribution in [2.75, 3.05) is 13.2 Å². The first-order valence-corrected chi connectivity index (χ1v) is 8.96. The molecule has 6 heteroatoms. The molecule has 1 heterocycles. The van der Waals surface area contributed by atoms with Crippen LogP contribution >= 0.6 is 18.9 Å². The van der Waals surface area contributed by atoms with Crippen molar-refractivity contribution in [3.8, 4) is 0 Å². The monoisotopic (exact) mass is 316 g/mol. The standard InChI is InChI=1S/C14H18FO3PS/c1-4-17-19(16,18-5-2)14(15)11-6-7-13-12(9-11)8-10(3)20-13/h6-9,14H,4-5H2,1-3H3. The van der Waals surface area contributed by atoms with Crippen LogP contribution in [0.3, 0.4) is 0 Å². The average molecular weight is 316 g/mol. The molecule has 0 spiro atoms. The molecular weight excluding hydrogens is 298 g/mol. The van der Waals surface area contributed by atoms with Crippen LogP contribution in [0.2, 0.25) is 0 Å². The molecule has 0 bridgehead atoms. The van der Waals surface area contributed by atoms with Crippen molar-refractivity contribution >= 4 is 29.0 Å². The van der Waals surface area contributed by atoms with Crippen LogP contribution in [0, 0.1) is 6.92 Å². The number of hydrogen-bond acceptors (Lipinski definition) is 4. The summed E-state index contributed by atoms with van der Waals surface area (Å²) < 4.78 is 38.2. The van der Waals surface area contributed by atoms with E-state index >= 15 is 0 Å². The smallest absolute Gasteiger partial charge is 0.307 e. The number of halogens is 1. The fourth-order valence-corrected chi connectivity index (χ4v) is 4.54. The van der Waals surface area contributed by atoms with Gasteiger partial charge in [0, 0.05) is 9.58 Å². The SMILES string of the molecule is CCOP(=O)(OCC)C(F)c1ccc2sc(C)cc2c1. The van der Waals surface area contributed by atoms with Crippen molar-refractivity contribution < 1.29 is 18.0 Å². The van der Waals surface area contributed by atoms with Crippen molar-refractivity contribution in [2.24, 2.45) is 0 Å². The molecule has 110 valence electrons. The number of thiophene rings is 1. The Kier molecular flexibility index (Phi) is 4.97. The van der Waals surface area contributed by atoms with Gasteiger partial charge < -0.3 is 9.05 Å². The van der Waals surface area contributed by atoms with E-state index in [-0.39, 0.29) is 13.2 Å². The van der Waals surface area contributed by atoms with Crippen LogP contribution in [-0.4, -0.2) is 13.2 Å². The molecule has 0 amide bonds. The molecule has 3 nitrogen and oxygen atoms in total. The maximum absolute atomic E-state index is 14.6. The summed E-state index contributed by atoms with van der Waals surface area (Å²) in [4.78, 5) is 1.16. The summed E-state index contributed by atoms with van der Waals surface area (Å²) in [5, 5.41) is 0.951. The maximum atomic E-state index is 14.6. The van der Waals surface area contributed by atoms with Gasteiger partial charge in [0.25, 0.3) is 0 Å². The molecule has 0 saturated carbocycles. The zero-order chi connectivity index (χ0) is 14.8. The second-order valence-corrected chi connectivity index (χ2v) is 7.70. The minimum atomic E-state index is -3.77. The van der Waals surface area contributed by atoms with Crippen LogP contribution in [0.5, 0.6) is 0 Å². The number of aryl methyl sites for hydroxylation is 1. The summed E-state index contributed by atoms with van der Waals surface area (Å²) in [7, 11) is -3.77. The number of benzene rings is 1. The summed E-state index contributed by atoms with van der Waals surface area (Å²) in [5.74, 6) is -1.76. The Labute approximate surface area is 122 Å². The van der Waals surface area contributed by atoms with Crippen molar-refractivity contribution in [1.82, 2.24) is 0 Å². The van der Waals surface area contributed by atoms with Gasteiger partial charge in [-0.2, -0.15) is 0 Å². The first-order valence-electron chi connectivity index (χ1n) is 6.53. The van der Waals surface area contributed by atoms with Gasteiger partial charge >= 0.3 is 7.60 Å². The summed E-state index contributed by atoms with van der Waals surface area (Å²) in [6.07, 6.45) is 0. The fraction of sp³-hybridized carbons (Fsp3) is 0.429. The molecule has 0 saturated heterocycles. The summed E-state index contributed by atoms with van der Waals surface area (Å²) in [6.45, 7) is 5.64. The molecule has 1 atom stereocenters. The fourth-order valence-electron chi connectivity index (χ4n) is 2.05. The highest BCUT2D eigenvalue weighted by Gasteiger charge is 2.37. The number of rotatable bonds is 6. The molecule has 0 aliphatic rings. The minimum absolute atomic E-state index is 0.150. The molecule has 1 aromatic heterocycles. The molecule has 0 aliphatic carbocycles. The zero-order valence-electron chi connectivity index (χ0n) is 11.8. The number of alkyl halides is 1. The van der Waals surface area contributed by atoms with Gasteiger partial charge in [-0.3, -0.25) is 4.57 Å². The largest absolute Gasteiger partial charge is 0.369 e. The van der Waals surface area contributed by atoms with Crippen molar-refractivity contribution in [3.63, 3.8) is 0 Å². The van der Waals surface area contributed by atoms with Gasteiger partial charge in [0.15, 0.2) is 0 Å². The number of hydrogen-bond donors (Lipinski definition) is 0. The zero-order valence-corrected chi connectivity index (χ0v) is 13.5. The Morgan fingerprint density at radius 3 is 2.50 bits per heavy atom. The van der Waals surface area contributed by atoms with Crippen LogP contribution in [-0.2, 0) is 13.6 Å². The predicted octanol–water partition coefficient (Wildman–Crippen LogP) is 5.44. The van der Waals surface area contributed by atoms with Crippen molar-refractivity contribution in [2.45, 2.75) is 26.7 Å². The highest BCUT2D eigenvalue weighted by atomic mass is 32.1. The molecule has 1 unspecified atom stereocenters. The van der Waals surface area contributed by atoms with E-state index in [1.54, 1.807) is 37.3 Å². The molecule has 20 heavy (non-hydrogen) atoms. The van der Waals surface area contributed by atoms with Gasteiger partial charge in [0.1, 0.15) is 0 Å². The molecule has 0 N–H and O–H groups in total. The minimum Gasteiger partial charge on any atom is -0.307 e. The lowest BCUT2D eigenvalue weighted by Gasteiger charge is -2.20. The van der Waals surface area contributed by atoms with E-state index in [1.807, 2.05) is 19.1 Å². The lowest BCUT2D eigenvalue weighted by molar-refractivity contribution is 0.190. The van der Waals surface area contributed by atoms with E-state index in [9.17, 15) is 8.96 Å². The van der Waals surface area contributed by atoms with E-state index in [1.165, 1.54) is 0 Å². The van der Waals surface area contributed by atoms with Gasteiger partial charge in [-0.05, 0) is 49.9 Å². The Balaban J connectivity index is 2.37. The molecule has 0 radical (unpaired) electrons. The van der Waals surface area contributed by atoms with E-state index in [2.05, 4.69) is 0 Å². The second kappa shape index (κ2) is 6.35. The Morgan fingerprint density at radius 1 is 1.25 bits per heavy atom. The highest BCUT2D eigenvalue weighted by molar-refractivity contribution is 7.54. The highest BCUT2D eigenvalue weighted by Crippen LogP contribution is 2.61. The van der Waals surface area contributed by atoms with Crippen molar-refractivity contribution in [3.05, 3.63) is 34.7 Å². The van der Waals surface area contributed by atoms with Gasteiger partial charge in [0.05, 0.1) is 13.2 Å². The van der Waals surface area contributed by atoms with E-state index in [0.717, 1.165) is 15.0 Å². The lowest BCUT2D eigenvalue weighted by Crippen LogP contribution is -2.02. The Bertz CT molecular complexity index is 630. The summed E-state index contributed by atoms with van der Waals surface area (Å²) in [5.41, 5.74) is 0.334. The quantitative estimate of drug-likeness (QED) is 0.665. The van der Waals surface area contributed by atoms with Crippen LogP contribution in [0.15, 0.2) is 24.3 Å². The maximum Gasteiger partial charge on any atom is 0.369 e. The average Bonchev–Trinajstić information content (AvgIpc) is 2.77. The second-order valence-electron chi connectivity index (χ2n) is 4.37. The molecule has 2 aromatic rings. The Hall–Kier alpha value is -0.740. The molecule has 1 aromatic carbocycles. The van der Waals surface area contributed by atoms with E-state index in [0.29, 0.717) is 5.56 Å². The third kappa shape index (κ3) is 3.12. The molecule has 0 fully saturated rings. The van der Waals surface area contributed by atoms with Crippen LogP contribution < -0.4 is 0 Å². The molecule has 2 rings (SSSR count). The van der Waals surface area contributed by atoms with Crippen LogP contribution in [0.1, 0.15) is 30.2 Å². The predicted molar refractivity (Wildman–Crippen MR) is 81.3 cm³/mol. The summed E-state index contributed by atoms with van der Waals surface area (Å²) in [6, 6.07) is 7.20. The van der Waals surface area contributed by atoms with Gasteiger partial charge in [-0.15, -0.1) is 11.3 Å². The van der Waals surface area contributed by atoms with E-state index < -0.39 is 13.5 Å². The third-order valence-electron chi connectivity index (χ3n) is 2.83. The van der Waals surface area contributed by atoms with Crippen LogP contribution in [0.25, 0.3) is 10.1 Å². The normalized spacial score (nSPS) is 13.8. The van der Waals surface area contributed by atoms with Crippen LogP contribution in [0.4, 0.5) is 4.39 Å². The third-order valence-corrected chi connectivity index (χ3v) is 5.96. The topological polar surface area (TPSA) is 35.5 Å². The van der Waals surface area contributed by atoms with Gasteiger partial charge in [-0.1, -0.05) is 6.07 Å². The first kappa shape index (κ1) is 15.6. The van der Waals surface area contributed by atoms with Gasteiger partial charge in [-0.25, -0.2) is 4.39 Å². The van der Waals surface area contributed by atoms with Crippen molar-refractivity contribution in [1.29, 1.82) is 0 Å². The lowest BCUT2D eigenvalue weighted by atomic mass is 10.2. The number of fused-ring (bicyclic) bond motifs is 1. The summed E-state index contributed by atoms with van der Waals surface area (Å²) >= 11 is 1.65. The molecule has 0 aliphatic heterocycles. The Morgan fingerprint density at radius 2 is 1.90 bits per heavy atom. The van der Waals surface area contributed by atoms with E-state index in [4.69, 9.17) is 9.05 Å².